The Morgan fingerprint density at radius 3 is 2.30 bits per heavy atom. The van der Waals surface area contributed by atoms with Crippen molar-refractivity contribution in [2.24, 2.45) is 11.5 Å². The van der Waals surface area contributed by atoms with Gasteiger partial charge in [-0.2, -0.15) is 5.10 Å². The van der Waals surface area contributed by atoms with Crippen LogP contribution in [0.2, 0.25) is 0 Å². The minimum atomic E-state index is -1.000. The Morgan fingerprint density at radius 2 is 1.70 bits per heavy atom. The van der Waals surface area contributed by atoms with E-state index in [1.54, 1.807) is 30.3 Å². The SMILES string of the molecule is NC(=O)Nc1cn(-c2cccc(-c3ccc(C(=O)O)cc3)c2)nc1C(N)=O. The van der Waals surface area contributed by atoms with Gasteiger partial charge < -0.3 is 21.9 Å². The average molecular weight is 365 g/mol. The first-order valence-electron chi connectivity index (χ1n) is 7.75. The van der Waals surface area contributed by atoms with E-state index < -0.39 is 17.9 Å². The van der Waals surface area contributed by atoms with Crippen LogP contribution in [0.15, 0.2) is 54.7 Å². The third kappa shape index (κ3) is 3.76. The molecular formula is C18H15N5O4. The van der Waals surface area contributed by atoms with Gasteiger partial charge in [0.1, 0.15) is 0 Å². The summed E-state index contributed by atoms with van der Waals surface area (Å²) in [6.45, 7) is 0. The van der Waals surface area contributed by atoms with Crippen molar-refractivity contribution >= 4 is 23.6 Å². The first-order chi connectivity index (χ1) is 12.8. The molecule has 0 atom stereocenters. The Hall–Kier alpha value is -4.14. The van der Waals surface area contributed by atoms with Gasteiger partial charge in [-0.25, -0.2) is 14.3 Å². The van der Waals surface area contributed by atoms with Gasteiger partial charge in [0.05, 0.1) is 23.1 Å². The predicted molar refractivity (Wildman–Crippen MR) is 97.7 cm³/mol. The van der Waals surface area contributed by atoms with Crippen molar-refractivity contribution < 1.29 is 19.5 Å². The fourth-order valence-corrected chi connectivity index (χ4v) is 2.55. The molecule has 3 rings (SSSR count). The number of nitrogens with two attached hydrogens (primary N) is 2. The Kier molecular flexibility index (Phi) is 4.58. The van der Waals surface area contributed by atoms with E-state index in [1.165, 1.54) is 23.0 Å². The first-order valence-corrected chi connectivity index (χ1v) is 7.75. The second-order valence-electron chi connectivity index (χ2n) is 5.62. The van der Waals surface area contributed by atoms with Gasteiger partial charge in [0, 0.05) is 0 Å². The maximum absolute atomic E-state index is 11.5. The van der Waals surface area contributed by atoms with Crippen LogP contribution in [-0.4, -0.2) is 32.8 Å². The van der Waals surface area contributed by atoms with E-state index in [4.69, 9.17) is 16.6 Å². The number of aromatic carboxylic acids is 1. The minimum Gasteiger partial charge on any atom is -0.478 e. The van der Waals surface area contributed by atoms with Crippen molar-refractivity contribution in [1.29, 1.82) is 0 Å². The smallest absolute Gasteiger partial charge is 0.335 e. The number of carbonyl (C=O) groups excluding carboxylic acids is 2. The molecule has 0 fully saturated rings. The Balaban J connectivity index is 1.99. The largest absolute Gasteiger partial charge is 0.478 e. The summed E-state index contributed by atoms with van der Waals surface area (Å²) in [5.74, 6) is -1.81. The van der Waals surface area contributed by atoms with Crippen LogP contribution in [0.5, 0.6) is 0 Å². The molecule has 9 nitrogen and oxygen atoms in total. The summed E-state index contributed by atoms with van der Waals surface area (Å²) in [7, 11) is 0. The normalized spacial score (nSPS) is 10.4. The molecule has 0 aliphatic rings. The summed E-state index contributed by atoms with van der Waals surface area (Å²) in [5.41, 5.74) is 12.8. The standard InChI is InChI=1S/C18H15N5O4/c19-16(24)15-14(21-18(20)27)9-23(22-15)13-3-1-2-12(8-13)10-4-6-11(7-5-10)17(25)26/h1-9H,(H2,19,24)(H,25,26)(H3,20,21,27). The maximum atomic E-state index is 11.5. The fraction of sp³-hybridized carbons (Fsp3) is 0. The number of aromatic nitrogens is 2. The number of primary amides is 2. The fourth-order valence-electron chi connectivity index (χ4n) is 2.55. The summed E-state index contributed by atoms with van der Waals surface area (Å²) < 4.78 is 1.39. The summed E-state index contributed by atoms with van der Waals surface area (Å²) in [6, 6.07) is 12.7. The lowest BCUT2D eigenvalue weighted by atomic mass is 10.0. The Labute approximate surface area is 153 Å². The zero-order chi connectivity index (χ0) is 19.6. The van der Waals surface area contributed by atoms with E-state index in [-0.39, 0.29) is 16.9 Å². The van der Waals surface area contributed by atoms with Crippen molar-refractivity contribution in [3.05, 3.63) is 66.0 Å². The van der Waals surface area contributed by atoms with Crippen molar-refractivity contribution in [1.82, 2.24) is 9.78 Å². The molecule has 0 saturated carbocycles. The summed E-state index contributed by atoms with van der Waals surface area (Å²) >= 11 is 0. The topological polar surface area (TPSA) is 153 Å². The van der Waals surface area contributed by atoms with Crippen molar-refractivity contribution in [2.75, 3.05) is 5.32 Å². The second kappa shape index (κ2) is 7.00. The molecule has 2 aromatic carbocycles. The van der Waals surface area contributed by atoms with E-state index in [1.807, 2.05) is 6.07 Å². The van der Waals surface area contributed by atoms with E-state index in [0.717, 1.165) is 11.1 Å². The van der Waals surface area contributed by atoms with Crippen LogP contribution in [0.3, 0.4) is 0 Å². The number of carbonyl (C=O) groups is 3. The van der Waals surface area contributed by atoms with E-state index >= 15 is 0 Å². The van der Waals surface area contributed by atoms with E-state index in [0.29, 0.717) is 5.69 Å². The molecule has 136 valence electrons. The quantitative estimate of drug-likeness (QED) is 0.543. The third-order valence-electron chi connectivity index (χ3n) is 3.78. The highest BCUT2D eigenvalue weighted by Gasteiger charge is 2.16. The van der Waals surface area contributed by atoms with Gasteiger partial charge in [0.15, 0.2) is 5.69 Å². The molecule has 3 amide bonds. The Morgan fingerprint density at radius 1 is 1.00 bits per heavy atom. The number of nitrogens with zero attached hydrogens (tertiary/aromatic N) is 2. The van der Waals surface area contributed by atoms with Crippen molar-refractivity contribution in [2.45, 2.75) is 0 Å². The number of carboxylic acid groups (broad SMARTS) is 1. The van der Waals surface area contributed by atoms with Gasteiger partial charge in [0.25, 0.3) is 5.91 Å². The van der Waals surface area contributed by atoms with Crippen LogP contribution in [0, 0.1) is 0 Å². The van der Waals surface area contributed by atoms with Gasteiger partial charge in [-0.15, -0.1) is 0 Å². The van der Waals surface area contributed by atoms with E-state index in [2.05, 4.69) is 10.4 Å². The highest BCUT2D eigenvalue weighted by Crippen LogP contribution is 2.24. The molecule has 3 aromatic rings. The highest BCUT2D eigenvalue weighted by molar-refractivity contribution is 6.00. The zero-order valence-electron chi connectivity index (χ0n) is 13.9. The monoisotopic (exact) mass is 365 g/mol. The number of hydrogen-bond donors (Lipinski definition) is 4. The van der Waals surface area contributed by atoms with Crippen molar-refractivity contribution in [3.8, 4) is 16.8 Å². The Bertz CT molecular complexity index is 1040. The van der Waals surface area contributed by atoms with Gasteiger partial charge in [0.2, 0.25) is 0 Å². The predicted octanol–water partition coefficient (Wildman–Crippen LogP) is 1.83. The van der Waals surface area contributed by atoms with Crippen LogP contribution < -0.4 is 16.8 Å². The van der Waals surface area contributed by atoms with Gasteiger partial charge in [-0.3, -0.25) is 4.79 Å². The number of hydrogen-bond acceptors (Lipinski definition) is 4. The third-order valence-corrected chi connectivity index (χ3v) is 3.78. The second-order valence-corrected chi connectivity index (χ2v) is 5.62. The molecule has 0 aliphatic carbocycles. The summed E-state index contributed by atoms with van der Waals surface area (Å²) in [6.07, 6.45) is 1.43. The number of urea groups is 1. The van der Waals surface area contributed by atoms with Crippen LogP contribution in [-0.2, 0) is 0 Å². The lowest BCUT2D eigenvalue weighted by molar-refractivity contribution is 0.0696. The molecule has 0 saturated heterocycles. The zero-order valence-corrected chi connectivity index (χ0v) is 13.9. The molecule has 0 bridgehead atoms. The molecule has 6 N–H and O–H groups in total. The van der Waals surface area contributed by atoms with Crippen LogP contribution in [0.1, 0.15) is 20.8 Å². The maximum Gasteiger partial charge on any atom is 0.335 e. The van der Waals surface area contributed by atoms with Crippen LogP contribution in [0.4, 0.5) is 10.5 Å². The van der Waals surface area contributed by atoms with Gasteiger partial charge in [-0.1, -0.05) is 24.3 Å². The number of benzene rings is 2. The summed E-state index contributed by atoms with van der Waals surface area (Å²) in [5, 5.41) is 15.4. The molecular weight excluding hydrogens is 350 g/mol. The number of carboxylic acids is 1. The number of amides is 3. The minimum absolute atomic E-state index is 0.103. The lowest BCUT2D eigenvalue weighted by Crippen LogP contribution is -2.22. The van der Waals surface area contributed by atoms with Gasteiger partial charge >= 0.3 is 12.0 Å². The number of nitrogens with one attached hydrogen (secondary N) is 1. The highest BCUT2D eigenvalue weighted by atomic mass is 16.4. The van der Waals surface area contributed by atoms with Crippen LogP contribution in [0.25, 0.3) is 16.8 Å². The molecule has 27 heavy (non-hydrogen) atoms. The number of rotatable bonds is 5. The van der Waals surface area contributed by atoms with Crippen molar-refractivity contribution in [3.63, 3.8) is 0 Å². The number of anilines is 1. The average Bonchev–Trinajstić information content (AvgIpc) is 3.05. The van der Waals surface area contributed by atoms with E-state index in [9.17, 15) is 14.4 Å². The molecule has 0 aliphatic heterocycles. The molecule has 1 heterocycles. The molecule has 1 aromatic heterocycles. The molecule has 0 radical (unpaired) electrons. The molecule has 9 heteroatoms. The molecule has 0 unspecified atom stereocenters. The van der Waals surface area contributed by atoms with Crippen LogP contribution >= 0.6 is 0 Å². The van der Waals surface area contributed by atoms with Gasteiger partial charge in [-0.05, 0) is 35.4 Å². The lowest BCUT2D eigenvalue weighted by Gasteiger charge is -2.06. The first kappa shape index (κ1) is 17.7. The molecule has 0 spiro atoms. The summed E-state index contributed by atoms with van der Waals surface area (Å²) in [4.78, 5) is 33.6.